The molecule has 8 heteroatoms. The van der Waals surface area contributed by atoms with Gasteiger partial charge in [0.25, 0.3) is 10.0 Å². The smallest absolute Gasteiger partial charge is 0.264 e. The molecule has 1 amide bonds. The number of nitrogens with zero attached hydrogens (tertiary/aromatic N) is 1. The molecule has 0 unspecified atom stereocenters. The highest BCUT2D eigenvalue weighted by Gasteiger charge is 2.27. The normalized spacial score (nSPS) is 14.5. The minimum absolute atomic E-state index is 0.0766. The van der Waals surface area contributed by atoms with Crippen LogP contribution in [0.4, 0.5) is 10.1 Å². The number of hydrogen-bond acceptors (Lipinski definition) is 4. The summed E-state index contributed by atoms with van der Waals surface area (Å²) in [7, 11) is -4.04. The molecule has 2 aromatic carbocycles. The molecule has 0 spiro atoms. The Bertz CT molecular complexity index is 956. The predicted molar refractivity (Wildman–Crippen MR) is 118 cm³/mol. The van der Waals surface area contributed by atoms with Gasteiger partial charge in [-0.15, -0.1) is 0 Å². The lowest BCUT2D eigenvalue weighted by Gasteiger charge is -2.24. The van der Waals surface area contributed by atoms with Crippen molar-refractivity contribution in [2.24, 2.45) is 0 Å². The molecular formula is C23H29FN2O4S. The molecule has 1 aliphatic rings. The first-order valence-electron chi connectivity index (χ1n) is 10.6. The fourth-order valence-electron chi connectivity index (χ4n) is 3.55. The van der Waals surface area contributed by atoms with Gasteiger partial charge in [0.05, 0.1) is 16.7 Å². The monoisotopic (exact) mass is 448 g/mol. The van der Waals surface area contributed by atoms with Gasteiger partial charge in [-0.2, -0.15) is 0 Å². The number of aryl methyl sites for hydroxylation is 1. The van der Waals surface area contributed by atoms with Gasteiger partial charge in [0.2, 0.25) is 5.91 Å². The summed E-state index contributed by atoms with van der Waals surface area (Å²) in [6, 6.07) is 11.4. The van der Waals surface area contributed by atoms with Crippen molar-refractivity contribution in [3.63, 3.8) is 0 Å². The zero-order chi connectivity index (χ0) is 22.3. The Labute approximate surface area is 183 Å². The number of carbonyl (C=O) groups excluding carboxylic acids is 1. The first kappa shape index (κ1) is 23.2. The van der Waals surface area contributed by atoms with Crippen molar-refractivity contribution in [3.8, 4) is 0 Å². The number of halogens is 1. The maximum absolute atomic E-state index is 13.3. The SMILES string of the molecule is Cc1ccc(N(CC(=O)NCCCOC2CCCC2)S(=O)(=O)c2ccc(F)cc2)cc1. The first-order chi connectivity index (χ1) is 14.9. The molecule has 0 atom stereocenters. The molecule has 1 N–H and O–H groups in total. The predicted octanol–water partition coefficient (Wildman–Crippen LogP) is 3.79. The third kappa shape index (κ3) is 6.51. The van der Waals surface area contributed by atoms with Crippen LogP contribution in [0.15, 0.2) is 53.4 Å². The average molecular weight is 449 g/mol. The van der Waals surface area contributed by atoms with E-state index in [4.69, 9.17) is 4.74 Å². The quantitative estimate of drug-likeness (QED) is 0.561. The fraction of sp³-hybridized carbons (Fsp3) is 0.435. The third-order valence-corrected chi connectivity index (χ3v) is 7.10. The molecule has 1 saturated carbocycles. The minimum atomic E-state index is -4.04. The van der Waals surface area contributed by atoms with Crippen molar-refractivity contribution < 1.29 is 22.3 Å². The Kier molecular flexibility index (Phi) is 8.03. The highest BCUT2D eigenvalue weighted by molar-refractivity contribution is 7.92. The Morgan fingerprint density at radius 1 is 1.10 bits per heavy atom. The highest BCUT2D eigenvalue weighted by atomic mass is 32.2. The molecule has 31 heavy (non-hydrogen) atoms. The van der Waals surface area contributed by atoms with Crippen LogP contribution in [0.5, 0.6) is 0 Å². The molecular weight excluding hydrogens is 419 g/mol. The summed E-state index contributed by atoms with van der Waals surface area (Å²) >= 11 is 0. The lowest BCUT2D eigenvalue weighted by atomic mass is 10.2. The van der Waals surface area contributed by atoms with Crippen molar-refractivity contribution in [2.75, 3.05) is 24.0 Å². The standard InChI is InChI=1S/C23H29FN2O4S/c1-18-7-11-20(12-8-18)26(31(28,29)22-13-9-19(24)10-14-22)17-23(27)25-15-4-16-30-21-5-2-3-6-21/h7-14,21H,2-6,15-17H2,1H3,(H,25,27). The molecule has 0 saturated heterocycles. The van der Waals surface area contributed by atoms with E-state index in [9.17, 15) is 17.6 Å². The zero-order valence-corrected chi connectivity index (χ0v) is 18.5. The van der Waals surface area contributed by atoms with Gasteiger partial charge in [-0.3, -0.25) is 9.10 Å². The summed E-state index contributed by atoms with van der Waals surface area (Å²) in [5.41, 5.74) is 1.34. The number of sulfonamides is 1. The molecule has 0 radical (unpaired) electrons. The van der Waals surface area contributed by atoms with E-state index in [2.05, 4.69) is 5.32 Å². The number of hydrogen-bond donors (Lipinski definition) is 1. The molecule has 0 aromatic heterocycles. The van der Waals surface area contributed by atoms with Crippen LogP contribution in [-0.2, 0) is 19.6 Å². The Hall–Kier alpha value is -2.45. The van der Waals surface area contributed by atoms with Gasteiger partial charge < -0.3 is 10.1 Å². The van der Waals surface area contributed by atoms with E-state index < -0.39 is 21.7 Å². The number of anilines is 1. The number of nitrogens with one attached hydrogen (secondary N) is 1. The van der Waals surface area contributed by atoms with Gasteiger partial charge in [0.1, 0.15) is 12.4 Å². The van der Waals surface area contributed by atoms with Crippen LogP contribution < -0.4 is 9.62 Å². The second kappa shape index (κ2) is 10.7. The van der Waals surface area contributed by atoms with E-state index in [0.717, 1.165) is 34.8 Å². The van der Waals surface area contributed by atoms with Gasteiger partial charge in [0, 0.05) is 13.2 Å². The summed E-state index contributed by atoms with van der Waals surface area (Å²) in [5, 5.41) is 2.77. The Morgan fingerprint density at radius 3 is 2.39 bits per heavy atom. The Morgan fingerprint density at radius 2 is 1.74 bits per heavy atom. The summed E-state index contributed by atoms with van der Waals surface area (Å²) < 4.78 is 46.5. The van der Waals surface area contributed by atoms with E-state index in [0.29, 0.717) is 31.4 Å². The first-order valence-corrected chi connectivity index (χ1v) is 12.0. The average Bonchev–Trinajstić information content (AvgIpc) is 3.26. The van der Waals surface area contributed by atoms with Crippen LogP contribution in [0, 0.1) is 12.7 Å². The number of benzene rings is 2. The second-order valence-corrected chi connectivity index (χ2v) is 9.64. The molecule has 2 aromatic rings. The summed E-state index contributed by atoms with van der Waals surface area (Å²) in [5.74, 6) is -0.939. The third-order valence-electron chi connectivity index (χ3n) is 5.31. The number of ether oxygens (including phenoxy) is 1. The molecule has 1 fully saturated rings. The van der Waals surface area contributed by atoms with Gasteiger partial charge in [0.15, 0.2) is 0 Å². The van der Waals surface area contributed by atoms with Crippen LogP contribution >= 0.6 is 0 Å². The second-order valence-electron chi connectivity index (χ2n) is 7.78. The van der Waals surface area contributed by atoms with Gasteiger partial charge in [-0.1, -0.05) is 30.5 Å². The van der Waals surface area contributed by atoms with Crippen molar-refractivity contribution in [3.05, 3.63) is 59.9 Å². The van der Waals surface area contributed by atoms with E-state index in [1.165, 1.54) is 25.0 Å². The van der Waals surface area contributed by atoms with Crippen LogP contribution in [0.1, 0.15) is 37.7 Å². The lowest BCUT2D eigenvalue weighted by Crippen LogP contribution is -2.41. The van der Waals surface area contributed by atoms with E-state index in [1.807, 2.05) is 6.92 Å². The van der Waals surface area contributed by atoms with Gasteiger partial charge in [-0.05, 0) is 62.6 Å². The molecule has 0 aliphatic heterocycles. The zero-order valence-electron chi connectivity index (χ0n) is 17.7. The molecule has 168 valence electrons. The molecule has 6 nitrogen and oxygen atoms in total. The number of amides is 1. The topological polar surface area (TPSA) is 75.7 Å². The maximum Gasteiger partial charge on any atom is 0.264 e. The molecule has 0 heterocycles. The van der Waals surface area contributed by atoms with Gasteiger partial charge in [-0.25, -0.2) is 12.8 Å². The molecule has 3 rings (SSSR count). The largest absolute Gasteiger partial charge is 0.378 e. The highest BCUT2D eigenvalue weighted by Crippen LogP contribution is 2.24. The Balaban J connectivity index is 1.64. The van der Waals surface area contributed by atoms with Gasteiger partial charge >= 0.3 is 0 Å². The van der Waals surface area contributed by atoms with Crippen LogP contribution in [0.3, 0.4) is 0 Å². The van der Waals surface area contributed by atoms with Crippen LogP contribution in [0.2, 0.25) is 0 Å². The summed E-state index contributed by atoms with van der Waals surface area (Å²) in [6.07, 6.45) is 5.60. The van der Waals surface area contributed by atoms with E-state index in [1.54, 1.807) is 24.3 Å². The maximum atomic E-state index is 13.3. The van der Waals surface area contributed by atoms with Crippen LogP contribution in [0.25, 0.3) is 0 Å². The van der Waals surface area contributed by atoms with Crippen molar-refractivity contribution >= 4 is 21.6 Å². The molecule has 1 aliphatic carbocycles. The van der Waals surface area contributed by atoms with E-state index in [-0.39, 0.29) is 11.4 Å². The minimum Gasteiger partial charge on any atom is -0.378 e. The van der Waals surface area contributed by atoms with Crippen molar-refractivity contribution in [2.45, 2.75) is 50.0 Å². The van der Waals surface area contributed by atoms with Crippen LogP contribution in [-0.4, -0.2) is 40.1 Å². The number of carbonyl (C=O) groups is 1. The van der Waals surface area contributed by atoms with Crippen molar-refractivity contribution in [1.82, 2.24) is 5.32 Å². The lowest BCUT2D eigenvalue weighted by molar-refractivity contribution is -0.119. The summed E-state index contributed by atoms with van der Waals surface area (Å²) in [4.78, 5) is 12.5. The van der Waals surface area contributed by atoms with Crippen molar-refractivity contribution in [1.29, 1.82) is 0 Å². The fourth-order valence-corrected chi connectivity index (χ4v) is 4.97. The van der Waals surface area contributed by atoms with E-state index >= 15 is 0 Å². The number of rotatable bonds is 10. The molecule has 0 bridgehead atoms. The summed E-state index contributed by atoms with van der Waals surface area (Å²) in [6.45, 7) is 2.50.